The van der Waals surface area contributed by atoms with Gasteiger partial charge in [-0.05, 0) is 53.5 Å². The number of aryl methyl sites for hydroxylation is 3. The van der Waals surface area contributed by atoms with E-state index in [9.17, 15) is 9.18 Å². The van der Waals surface area contributed by atoms with E-state index in [1.807, 2.05) is 6.92 Å². The minimum atomic E-state index is -0.326. The number of nitrogens with zero attached hydrogens (tertiary/aromatic N) is 2. The van der Waals surface area contributed by atoms with Crippen LogP contribution in [0, 0.1) is 19.7 Å². The van der Waals surface area contributed by atoms with Gasteiger partial charge in [0.05, 0.1) is 10.2 Å². The number of rotatable bonds is 2. The Kier molecular flexibility index (Phi) is 3.71. The molecule has 0 spiro atoms. The van der Waals surface area contributed by atoms with Gasteiger partial charge in [0.1, 0.15) is 11.5 Å². The summed E-state index contributed by atoms with van der Waals surface area (Å²) in [4.78, 5) is 12.2. The first-order valence-corrected chi connectivity index (χ1v) is 6.46. The molecule has 0 aliphatic heterocycles. The molecule has 19 heavy (non-hydrogen) atoms. The Morgan fingerprint density at radius 3 is 2.63 bits per heavy atom. The SMILES string of the molecule is Cc1cc(F)ccc1NC(=O)c1c(Br)c(C)nn1C. The molecule has 2 aromatic rings. The van der Waals surface area contributed by atoms with Crippen LogP contribution in [0.5, 0.6) is 0 Å². The summed E-state index contributed by atoms with van der Waals surface area (Å²) in [5.41, 5.74) is 2.42. The Morgan fingerprint density at radius 2 is 2.11 bits per heavy atom. The van der Waals surface area contributed by atoms with E-state index in [0.717, 1.165) is 5.69 Å². The van der Waals surface area contributed by atoms with E-state index in [1.165, 1.54) is 16.8 Å². The van der Waals surface area contributed by atoms with Crippen LogP contribution < -0.4 is 5.32 Å². The zero-order chi connectivity index (χ0) is 14.2. The first kappa shape index (κ1) is 13.7. The molecule has 0 unspecified atom stereocenters. The van der Waals surface area contributed by atoms with Crippen LogP contribution in [0.25, 0.3) is 0 Å². The van der Waals surface area contributed by atoms with Crippen molar-refractivity contribution in [3.05, 3.63) is 45.4 Å². The van der Waals surface area contributed by atoms with Crippen LogP contribution in [-0.2, 0) is 7.05 Å². The van der Waals surface area contributed by atoms with Gasteiger partial charge in [-0.25, -0.2) is 4.39 Å². The lowest BCUT2D eigenvalue weighted by Crippen LogP contribution is -2.17. The largest absolute Gasteiger partial charge is 0.320 e. The summed E-state index contributed by atoms with van der Waals surface area (Å²) in [5, 5.41) is 6.91. The molecule has 6 heteroatoms. The third kappa shape index (κ3) is 2.68. The summed E-state index contributed by atoms with van der Waals surface area (Å²) >= 11 is 3.34. The molecule has 0 radical (unpaired) electrons. The Balaban J connectivity index is 2.31. The smallest absolute Gasteiger partial charge is 0.275 e. The number of benzene rings is 1. The summed E-state index contributed by atoms with van der Waals surface area (Å²) < 4.78 is 15.2. The standard InChI is InChI=1S/C13H13BrFN3O/c1-7-6-9(15)4-5-10(7)16-13(19)12-11(14)8(2)17-18(12)3/h4-6H,1-3H3,(H,16,19). The molecular weight excluding hydrogens is 313 g/mol. The molecule has 1 aromatic carbocycles. The van der Waals surface area contributed by atoms with Crippen LogP contribution in [0.2, 0.25) is 0 Å². The summed E-state index contributed by atoms with van der Waals surface area (Å²) in [6.45, 7) is 3.55. The Morgan fingerprint density at radius 1 is 1.42 bits per heavy atom. The maximum Gasteiger partial charge on any atom is 0.275 e. The van der Waals surface area contributed by atoms with Crippen LogP contribution in [-0.4, -0.2) is 15.7 Å². The predicted molar refractivity (Wildman–Crippen MR) is 74.7 cm³/mol. The average molecular weight is 326 g/mol. The molecule has 0 aliphatic carbocycles. The van der Waals surface area contributed by atoms with E-state index in [1.54, 1.807) is 20.0 Å². The highest BCUT2D eigenvalue weighted by molar-refractivity contribution is 9.10. The zero-order valence-corrected chi connectivity index (χ0v) is 12.4. The third-order valence-electron chi connectivity index (χ3n) is 2.80. The van der Waals surface area contributed by atoms with Gasteiger partial charge in [0, 0.05) is 12.7 Å². The molecule has 1 amide bonds. The fraction of sp³-hybridized carbons (Fsp3) is 0.231. The van der Waals surface area contributed by atoms with Gasteiger partial charge in [-0.3, -0.25) is 9.48 Å². The van der Waals surface area contributed by atoms with Crippen molar-refractivity contribution in [3.63, 3.8) is 0 Å². The van der Waals surface area contributed by atoms with E-state index < -0.39 is 0 Å². The number of carbonyl (C=O) groups is 1. The van der Waals surface area contributed by atoms with Crippen molar-refractivity contribution in [1.29, 1.82) is 0 Å². The quantitative estimate of drug-likeness (QED) is 0.921. The number of hydrogen-bond donors (Lipinski definition) is 1. The van der Waals surface area contributed by atoms with Gasteiger partial charge in [-0.1, -0.05) is 0 Å². The summed E-state index contributed by atoms with van der Waals surface area (Å²) in [7, 11) is 1.70. The van der Waals surface area contributed by atoms with Gasteiger partial charge < -0.3 is 5.32 Å². The molecule has 0 saturated heterocycles. The predicted octanol–water partition coefficient (Wildman–Crippen LogP) is 3.19. The first-order valence-electron chi connectivity index (χ1n) is 5.66. The van der Waals surface area contributed by atoms with Crippen LogP contribution in [0.4, 0.5) is 10.1 Å². The minimum absolute atomic E-state index is 0.287. The molecule has 0 saturated carbocycles. The van der Waals surface area contributed by atoms with E-state index >= 15 is 0 Å². The molecule has 0 fully saturated rings. The maximum absolute atomic E-state index is 13.0. The highest BCUT2D eigenvalue weighted by atomic mass is 79.9. The number of carbonyl (C=O) groups excluding carboxylic acids is 1. The Hall–Kier alpha value is -1.69. The highest BCUT2D eigenvalue weighted by Gasteiger charge is 2.18. The molecule has 2 rings (SSSR count). The second-order valence-electron chi connectivity index (χ2n) is 4.28. The molecule has 0 aliphatic rings. The van der Waals surface area contributed by atoms with Crippen molar-refractivity contribution in [2.24, 2.45) is 7.05 Å². The van der Waals surface area contributed by atoms with Crippen LogP contribution >= 0.6 is 15.9 Å². The molecule has 1 heterocycles. The van der Waals surface area contributed by atoms with Crippen molar-refractivity contribution in [1.82, 2.24) is 9.78 Å². The van der Waals surface area contributed by atoms with E-state index in [4.69, 9.17) is 0 Å². The van der Waals surface area contributed by atoms with Crippen LogP contribution in [0.15, 0.2) is 22.7 Å². The summed E-state index contributed by atoms with van der Waals surface area (Å²) in [6.07, 6.45) is 0. The molecule has 4 nitrogen and oxygen atoms in total. The van der Waals surface area contributed by atoms with E-state index in [0.29, 0.717) is 21.4 Å². The third-order valence-corrected chi connectivity index (χ3v) is 3.75. The number of halogens is 2. The van der Waals surface area contributed by atoms with Crippen molar-refractivity contribution in [2.45, 2.75) is 13.8 Å². The lowest BCUT2D eigenvalue weighted by molar-refractivity contribution is 0.101. The molecule has 0 atom stereocenters. The number of aromatic nitrogens is 2. The van der Waals surface area contributed by atoms with Crippen LogP contribution in [0.1, 0.15) is 21.7 Å². The molecule has 1 N–H and O–H groups in total. The van der Waals surface area contributed by atoms with Crippen LogP contribution in [0.3, 0.4) is 0 Å². The normalized spacial score (nSPS) is 10.6. The summed E-state index contributed by atoms with van der Waals surface area (Å²) in [6, 6.07) is 4.23. The monoisotopic (exact) mass is 325 g/mol. The van der Waals surface area contributed by atoms with Crippen molar-refractivity contribution < 1.29 is 9.18 Å². The van der Waals surface area contributed by atoms with Gasteiger partial charge in [-0.15, -0.1) is 0 Å². The second-order valence-corrected chi connectivity index (χ2v) is 5.08. The zero-order valence-electron chi connectivity index (χ0n) is 10.8. The van der Waals surface area contributed by atoms with Gasteiger partial charge in [-0.2, -0.15) is 5.10 Å². The molecule has 1 aromatic heterocycles. The second kappa shape index (κ2) is 5.13. The van der Waals surface area contributed by atoms with E-state index in [-0.39, 0.29) is 11.7 Å². The Labute approximate surface area is 118 Å². The fourth-order valence-electron chi connectivity index (χ4n) is 1.83. The number of hydrogen-bond acceptors (Lipinski definition) is 2. The minimum Gasteiger partial charge on any atom is -0.320 e. The lowest BCUT2D eigenvalue weighted by Gasteiger charge is -2.08. The lowest BCUT2D eigenvalue weighted by atomic mass is 10.2. The van der Waals surface area contributed by atoms with Gasteiger partial charge in [0.15, 0.2) is 0 Å². The van der Waals surface area contributed by atoms with Crippen molar-refractivity contribution in [3.8, 4) is 0 Å². The first-order chi connectivity index (χ1) is 8.90. The Bertz CT molecular complexity index is 652. The van der Waals surface area contributed by atoms with Crippen molar-refractivity contribution in [2.75, 3.05) is 5.32 Å². The molecular formula is C13H13BrFN3O. The molecule has 0 bridgehead atoms. The fourth-order valence-corrected chi connectivity index (χ4v) is 2.34. The topological polar surface area (TPSA) is 46.9 Å². The summed E-state index contributed by atoms with van der Waals surface area (Å²) in [5.74, 6) is -0.613. The van der Waals surface area contributed by atoms with Gasteiger partial charge >= 0.3 is 0 Å². The number of nitrogens with one attached hydrogen (secondary N) is 1. The number of amides is 1. The maximum atomic E-state index is 13.0. The molecule has 100 valence electrons. The van der Waals surface area contributed by atoms with E-state index in [2.05, 4.69) is 26.3 Å². The van der Waals surface area contributed by atoms with Crippen molar-refractivity contribution >= 4 is 27.5 Å². The van der Waals surface area contributed by atoms with Gasteiger partial charge in [0.2, 0.25) is 0 Å². The average Bonchev–Trinajstić information content (AvgIpc) is 2.57. The highest BCUT2D eigenvalue weighted by Crippen LogP contribution is 2.22. The number of anilines is 1. The van der Waals surface area contributed by atoms with Gasteiger partial charge in [0.25, 0.3) is 5.91 Å².